The molecule has 1 aromatic rings. The first-order chi connectivity index (χ1) is 8.09. The molecule has 0 saturated carbocycles. The number of rotatable bonds is 6. The summed E-state index contributed by atoms with van der Waals surface area (Å²) in [5, 5.41) is 17.2. The maximum atomic E-state index is 11.5. The van der Waals surface area contributed by atoms with Gasteiger partial charge in [0.1, 0.15) is 0 Å². The van der Waals surface area contributed by atoms with Crippen LogP contribution in [0.5, 0.6) is 0 Å². The van der Waals surface area contributed by atoms with E-state index in [1.165, 1.54) is 11.3 Å². The summed E-state index contributed by atoms with van der Waals surface area (Å²) >= 11 is 1.49. The van der Waals surface area contributed by atoms with E-state index >= 15 is 0 Å². The molecule has 0 saturated heterocycles. The van der Waals surface area contributed by atoms with Gasteiger partial charge in [0.15, 0.2) is 0 Å². The molecule has 3 N–H and O–H groups in total. The first-order valence-electron chi connectivity index (χ1n) is 5.71. The summed E-state index contributed by atoms with van der Waals surface area (Å²) < 4.78 is 0. The molecule has 6 heteroatoms. The Hall–Kier alpha value is -1.14. The minimum atomic E-state index is -0.808. The van der Waals surface area contributed by atoms with Crippen LogP contribution in [0.15, 0.2) is 10.9 Å². The van der Waals surface area contributed by atoms with Crippen molar-refractivity contribution in [2.45, 2.75) is 38.8 Å². The molecule has 1 aromatic heterocycles. The zero-order valence-electron chi connectivity index (χ0n) is 10.2. The van der Waals surface area contributed by atoms with Crippen LogP contribution in [0.4, 0.5) is 4.79 Å². The molecule has 0 spiro atoms. The lowest BCUT2D eigenvalue weighted by Crippen LogP contribution is -2.45. The fourth-order valence-corrected chi connectivity index (χ4v) is 1.86. The van der Waals surface area contributed by atoms with Gasteiger partial charge in [-0.2, -0.15) is 0 Å². The smallest absolute Gasteiger partial charge is 0.315 e. The number of nitrogens with one attached hydrogen (secondary N) is 2. The Morgan fingerprint density at radius 3 is 2.71 bits per heavy atom. The largest absolute Gasteiger partial charge is 0.388 e. The molecule has 0 atom stereocenters. The Morgan fingerprint density at radius 1 is 1.47 bits per heavy atom. The Morgan fingerprint density at radius 2 is 2.18 bits per heavy atom. The number of thiazole rings is 1. The van der Waals surface area contributed by atoms with Crippen LogP contribution in [0.25, 0.3) is 0 Å². The molecule has 0 fully saturated rings. The second-order valence-corrected chi connectivity index (χ2v) is 4.67. The lowest BCUT2D eigenvalue weighted by Gasteiger charge is -2.25. The Labute approximate surface area is 105 Å². The Balaban J connectivity index is 2.26. The highest BCUT2D eigenvalue weighted by molar-refractivity contribution is 7.07. The Bertz CT molecular complexity index is 336. The summed E-state index contributed by atoms with van der Waals surface area (Å²) in [7, 11) is 0. The van der Waals surface area contributed by atoms with E-state index in [0.717, 1.165) is 5.69 Å². The number of hydrogen-bond donors (Lipinski definition) is 3. The van der Waals surface area contributed by atoms with E-state index < -0.39 is 5.60 Å². The average molecular weight is 257 g/mol. The third kappa shape index (κ3) is 4.70. The van der Waals surface area contributed by atoms with Crippen LogP contribution in [0.1, 0.15) is 32.4 Å². The van der Waals surface area contributed by atoms with Crippen molar-refractivity contribution >= 4 is 17.4 Å². The summed E-state index contributed by atoms with van der Waals surface area (Å²) in [6.45, 7) is 4.48. The number of aliphatic hydroxyl groups is 1. The molecular formula is C11H19N3O2S. The number of carbonyl (C=O) groups excluding carboxylic acids is 1. The minimum Gasteiger partial charge on any atom is -0.388 e. The highest BCUT2D eigenvalue weighted by Crippen LogP contribution is 2.12. The monoisotopic (exact) mass is 257 g/mol. The van der Waals surface area contributed by atoms with Gasteiger partial charge in [0, 0.05) is 11.9 Å². The molecule has 0 aliphatic heterocycles. The summed E-state index contributed by atoms with van der Waals surface area (Å²) in [6.07, 6.45) is 1.24. The lowest BCUT2D eigenvalue weighted by molar-refractivity contribution is 0.0349. The standard InChI is InChI=1S/C11H19N3O2S/c1-3-11(16,4-2)7-13-10(15)12-5-9-6-17-8-14-9/h6,8,16H,3-5,7H2,1-2H3,(H2,12,13,15). The molecular weight excluding hydrogens is 238 g/mol. The second kappa shape index (κ2) is 6.56. The molecule has 2 amide bonds. The third-order valence-corrected chi connectivity index (χ3v) is 3.44. The van der Waals surface area contributed by atoms with Crippen molar-refractivity contribution in [2.24, 2.45) is 0 Å². The average Bonchev–Trinajstić information content (AvgIpc) is 2.86. The van der Waals surface area contributed by atoms with Crippen molar-refractivity contribution in [2.75, 3.05) is 6.54 Å². The molecule has 1 heterocycles. The van der Waals surface area contributed by atoms with Crippen molar-refractivity contribution < 1.29 is 9.90 Å². The van der Waals surface area contributed by atoms with E-state index in [9.17, 15) is 9.90 Å². The van der Waals surface area contributed by atoms with E-state index in [0.29, 0.717) is 19.4 Å². The van der Waals surface area contributed by atoms with E-state index in [4.69, 9.17) is 0 Å². The fraction of sp³-hybridized carbons (Fsp3) is 0.636. The normalized spacial score (nSPS) is 11.2. The molecule has 17 heavy (non-hydrogen) atoms. The predicted molar refractivity (Wildman–Crippen MR) is 67.9 cm³/mol. The van der Waals surface area contributed by atoms with Crippen molar-refractivity contribution in [3.05, 3.63) is 16.6 Å². The van der Waals surface area contributed by atoms with E-state index in [1.807, 2.05) is 19.2 Å². The summed E-state index contributed by atoms with van der Waals surface area (Å²) in [5.41, 5.74) is 1.76. The van der Waals surface area contributed by atoms with Gasteiger partial charge in [0.25, 0.3) is 0 Å². The van der Waals surface area contributed by atoms with E-state index in [1.54, 1.807) is 5.51 Å². The first kappa shape index (κ1) is 13.9. The molecule has 0 aromatic carbocycles. The zero-order chi connectivity index (χ0) is 12.7. The van der Waals surface area contributed by atoms with Gasteiger partial charge in [-0.25, -0.2) is 9.78 Å². The van der Waals surface area contributed by atoms with Gasteiger partial charge >= 0.3 is 6.03 Å². The van der Waals surface area contributed by atoms with Crippen molar-refractivity contribution in [1.29, 1.82) is 0 Å². The fourth-order valence-electron chi connectivity index (χ4n) is 1.30. The van der Waals surface area contributed by atoms with Gasteiger partial charge in [-0.15, -0.1) is 11.3 Å². The number of urea groups is 1. The number of amides is 2. The minimum absolute atomic E-state index is 0.267. The highest BCUT2D eigenvalue weighted by atomic mass is 32.1. The highest BCUT2D eigenvalue weighted by Gasteiger charge is 2.22. The van der Waals surface area contributed by atoms with Crippen LogP contribution in [0.2, 0.25) is 0 Å². The van der Waals surface area contributed by atoms with Crippen LogP contribution in [-0.4, -0.2) is 28.3 Å². The van der Waals surface area contributed by atoms with Crippen molar-refractivity contribution in [1.82, 2.24) is 15.6 Å². The zero-order valence-corrected chi connectivity index (χ0v) is 11.0. The lowest BCUT2D eigenvalue weighted by atomic mass is 9.98. The van der Waals surface area contributed by atoms with E-state index in [2.05, 4.69) is 15.6 Å². The summed E-state index contributed by atoms with van der Waals surface area (Å²) in [5.74, 6) is 0. The van der Waals surface area contributed by atoms with Gasteiger partial charge < -0.3 is 15.7 Å². The summed E-state index contributed by atoms with van der Waals surface area (Å²) in [6, 6.07) is -0.279. The maximum Gasteiger partial charge on any atom is 0.315 e. The van der Waals surface area contributed by atoms with Gasteiger partial charge in [-0.05, 0) is 12.8 Å². The predicted octanol–water partition coefficient (Wildman–Crippen LogP) is 1.49. The van der Waals surface area contributed by atoms with Crippen molar-refractivity contribution in [3.8, 4) is 0 Å². The first-order valence-corrected chi connectivity index (χ1v) is 6.65. The topological polar surface area (TPSA) is 74.2 Å². The second-order valence-electron chi connectivity index (χ2n) is 3.95. The van der Waals surface area contributed by atoms with E-state index in [-0.39, 0.29) is 12.6 Å². The van der Waals surface area contributed by atoms with Crippen LogP contribution < -0.4 is 10.6 Å². The number of aromatic nitrogens is 1. The Kier molecular flexibility index (Phi) is 5.37. The van der Waals surface area contributed by atoms with Gasteiger partial charge in [0.2, 0.25) is 0 Å². The number of nitrogens with zero attached hydrogens (tertiary/aromatic N) is 1. The quantitative estimate of drug-likeness (QED) is 0.723. The van der Waals surface area contributed by atoms with Crippen LogP contribution >= 0.6 is 11.3 Å². The molecule has 1 rings (SSSR count). The van der Waals surface area contributed by atoms with Crippen LogP contribution in [-0.2, 0) is 6.54 Å². The molecule has 5 nitrogen and oxygen atoms in total. The van der Waals surface area contributed by atoms with Crippen molar-refractivity contribution in [3.63, 3.8) is 0 Å². The van der Waals surface area contributed by atoms with Crippen LogP contribution in [0.3, 0.4) is 0 Å². The number of carbonyl (C=O) groups is 1. The molecule has 0 unspecified atom stereocenters. The van der Waals surface area contributed by atoms with Gasteiger partial charge in [0.05, 0.1) is 23.4 Å². The molecule has 0 aliphatic carbocycles. The van der Waals surface area contributed by atoms with Gasteiger partial charge in [-0.1, -0.05) is 13.8 Å². The van der Waals surface area contributed by atoms with Gasteiger partial charge in [-0.3, -0.25) is 0 Å². The molecule has 0 bridgehead atoms. The third-order valence-electron chi connectivity index (χ3n) is 2.81. The summed E-state index contributed by atoms with van der Waals surface area (Å²) in [4.78, 5) is 15.5. The molecule has 0 radical (unpaired) electrons. The van der Waals surface area contributed by atoms with Crippen LogP contribution in [0, 0.1) is 0 Å². The SMILES string of the molecule is CCC(O)(CC)CNC(=O)NCc1cscn1. The maximum absolute atomic E-state index is 11.5. The molecule has 0 aliphatic rings. The number of hydrogen-bond acceptors (Lipinski definition) is 4. The molecule has 96 valence electrons.